The Morgan fingerprint density at radius 1 is 1.18 bits per heavy atom. The van der Waals surface area contributed by atoms with Crippen LogP contribution in [-0.4, -0.2) is 10.1 Å². The van der Waals surface area contributed by atoms with Crippen molar-refractivity contribution in [2.75, 3.05) is 0 Å². The van der Waals surface area contributed by atoms with Crippen molar-refractivity contribution in [2.24, 2.45) is 0 Å². The number of hydrogen-bond acceptors (Lipinski definition) is 3. The highest BCUT2D eigenvalue weighted by Gasteiger charge is 1.95. The average molecular weight is 234 g/mol. The molecule has 0 amide bonds. The van der Waals surface area contributed by atoms with E-state index in [1.54, 1.807) is 12.5 Å². The Hall–Kier alpha value is -1.64. The van der Waals surface area contributed by atoms with Crippen LogP contribution in [-0.2, 0) is 0 Å². The Morgan fingerprint density at radius 2 is 1.88 bits per heavy atom. The number of aryl methyl sites for hydroxylation is 1. The SMILES string of the molecule is CC.CC(C)c1ccccn1.Cc1cnoc1. The van der Waals surface area contributed by atoms with Gasteiger partial charge in [-0.1, -0.05) is 38.9 Å². The second-order valence-electron chi connectivity index (χ2n) is 3.61. The molecular formula is C14H22N2O. The molecule has 94 valence electrons. The zero-order valence-electron chi connectivity index (χ0n) is 11.3. The normalized spacial score (nSPS) is 8.82. The molecule has 0 N–H and O–H groups in total. The van der Waals surface area contributed by atoms with Gasteiger partial charge >= 0.3 is 0 Å². The van der Waals surface area contributed by atoms with Crippen molar-refractivity contribution in [3.8, 4) is 0 Å². The summed E-state index contributed by atoms with van der Waals surface area (Å²) in [6, 6.07) is 6.00. The van der Waals surface area contributed by atoms with E-state index < -0.39 is 0 Å². The van der Waals surface area contributed by atoms with E-state index in [9.17, 15) is 0 Å². The summed E-state index contributed by atoms with van der Waals surface area (Å²) in [5, 5.41) is 3.45. The van der Waals surface area contributed by atoms with Crippen LogP contribution in [0.15, 0.2) is 41.4 Å². The lowest BCUT2D eigenvalue weighted by atomic mass is 10.1. The van der Waals surface area contributed by atoms with Crippen molar-refractivity contribution in [2.45, 2.75) is 40.5 Å². The lowest BCUT2D eigenvalue weighted by Gasteiger charge is -2.00. The Labute approximate surface area is 104 Å². The van der Waals surface area contributed by atoms with Crippen LogP contribution in [0.2, 0.25) is 0 Å². The number of aromatic nitrogens is 2. The molecule has 17 heavy (non-hydrogen) atoms. The number of nitrogens with zero attached hydrogens (tertiary/aromatic N) is 2. The Bertz CT molecular complexity index is 355. The summed E-state index contributed by atoms with van der Waals surface area (Å²) < 4.78 is 4.46. The van der Waals surface area contributed by atoms with Gasteiger partial charge in [-0.2, -0.15) is 0 Å². The molecule has 0 aliphatic carbocycles. The van der Waals surface area contributed by atoms with E-state index in [-0.39, 0.29) is 0 Å². The quantitative estimate of drug-likeness (QED) is 0.741. The minimum absolute atomic E-state index is 0.547. The van der Waals surface area contributed by atoms with Crippen LogP contribution in [0.3, 0.4) is 0 Å². The highest BCUT2D eigenvalue weighted by Crippen LogP contribution is 2.08. The molecule has 2 aromatic heterocycles. The van der Waals surface area contributed by atoms with Crippen LogP contribution in [0.1, 0.15) is 44.9 Å². The third-order valence-electron chi connectivity index (χ3n) is 1.84. The van der Waals surface area contributed by atoms with Crippen LogP contribution in [0.5, 0.6) is 0 Å². The van der Waals surface area contributed by atoms with Gasteiger partial charge in [0.2, 0.25) is 0 Å². The van der Waals surface area contributed by atoms with Gasteiger partial charge in [0.1, 0.15) is 6.26 Å². The lowest BCUT2D eigenvalue weighted by molar-refractivity contribution is 0.419. The molecule has 0 aliphatic rings. The molecule has 0 atom stereocenters. The first-order valence-corrected chi connectivity index (χ1v) is 5.97. The van der Waals surface area contributed by atoms with Crippen molar-refractivity contribution in [1.29, 1.82) is 0 Å². The van der Waals surface area contributed by atoms with Crippen LogP contribution in [0.25, 0.3) is 0 Å². The summed E-state index contributed by atoms with van der Waals surface area (Å²) in [5.41, 5.74) is 2.23. The van der Waals surface area contributed by atoms with Gasteiger partial charge in [0.05, 0.1) is 6.20 Å². The summed E-state index contributed by atoms with van der Waals surface area (Å²) in [5.74, 6) is 0.547. The fraction of sp³-hybridized carbons (Fsp3) is 0.429. The van der Waals surface area contributed by atoms with Gasteiger partial charge in [0.15, 0.2) is 0 Å². The zero-order chi connectivity index (χ0) is 13.1. The van der Waals surface area contributed by atoms with Crippen molar-refractivity contribution in [3.05, 3.63) is 48.1 Å². The van der Waals surface area contributed by atoms with E-state index in [1.807, 2.05) is 45.2 Å². The van der Waals surface area contributed by atoms with Gasteiger partial charge in [-0.05, 0) is 25.0 Å². The Kier molecular flexibility index (Phi) is 8.65. The maximum Gasteiger partial charge on any atom is 0.126 e. The maximum absolute atomic E-state index is 4.46. The second-order valence-corrected chi connectivity index (χ2v) is 3.61. The van der Waals surface area contributed by atoms with Gasteiger partial charge in [0, 0.05) is 17.5 Å². The molecule has 0 spiro atoms. The van der Waals surface area contributed by atoms with E-state index in [1.165, 1.54) is 0 Å². The largest absolute Gasteiger partial charge is 0.365 e. The standard InChI is InChI=1S/C8H11N.C4H5NO.C2H6/c1-7(2)8-5-3-4-6-9-8;1-4-2-5-6-3-4;1-2/h3-7H,1-2H3;2-3H,1H3;1-2H3. The van der Waals surface area contributed by atoms with Crippen molar-refractivity contribution >= 4 is 0 Å². The van der Waals surface area contributed by atoms with Crippen molar-refractivity contribution < 1.29 is 4.52 Å². The first kappa shape index (κ1) is 15.4. The van der Waals surface area contributed by atoms with Crippen molar-refractivity contribution in [3.63, 3.8) is 0 Å². The minimum atomic E-state index is 0.547. The predicted molar refractivity (Wildman–Crippen MR) is 70.9 cm³/mol. The van der Waals surface area contributed by atoms with Crippen LogP contribution in [0, 0.1) is 6.92 Å². The molecule has 0 saturated heterocycles. The van der Waals surface area contributed by atoms with E-state index in [0.717, 1.165) is 11.3 Å². The number of hydrogen-bond donors (Lipinski definition) is 0. The molecule has 0 bridgehead atoms. The average Bonchev–Trinajstić information content (AvgIpc) is 2.85. The molecule has 2 rings (SSSR count). The number of pyridine rings is 1. The second kappa shape index (κ2) is 9.58. The van der Waals surface area contributed by atoms with Gasteiger partial charge in [0.25, 0.3) is 0 Å². The summed E-state index contributed by atoms with van der Waals surface area (Å²) in [7, 11) is 0. The molecule has 3 nitrogen and oxygen atoms in total. The van der Waals surface area contributed by atoms with E-state index in [0.29, 0.717) is 5.92 Å². The molecular weight excluding hydrogens is 212 g/mol. The lowest BCUT2D eigenvalue weighted by Crippen LogP contribution is -1.88. The summed E-state index contributed by atoms with van der Waals surface area (Å²) in [6.45, 7) is 10.2. The molecule has 2 heterocycles. The number of rotatable bonds is 1. The zero-order valence-corrected chi connectivity index (χ0v) is 11.3. The molecule has 0 saturated carbocycles. The molecule has 0 radical (unpaired) electrons. The third kappa shape index (κ3) is 7.28. The third-order valence-corrected chi connectivity index (χ3v) is 1.84. The first-order valence-electron chi connectivity index (χ1n) is 5.97. The summed E-state index contributed by atoms with van der Waals surface area (Å²) in [6.07, 6.45) is 5.09. The summed E-state index contributed by atoms with van der Waals surface area (Å²) >= 11 is 0. The van der Waals surface area contributed by atoms with Crippen LogP contribution < -0.4 is 0 Å². The van der Waals surface area contributed by atoms with Gasteiger partial charge in [-0.25, -0.2) is 0 Å². The van der Waals surface area contributed by atoms with Gasteiger partial charge in [-0.15, -0.1) is 0 Å². The van der Waals surface area contributed by atoms with Gasteiger partial charge < -0.3 is 4.52 Å². The molecule has 0 aromatic carbocycles. The van der Waals surface area contributed by atoms with Crippen LogP contribution >= 0.6 is 0 Å². The molecule has 2 aromatic rings. The fourth-order valence-corrected chi connectivity index (χ4v) is 0.975. The molecule has 0 aliphatic heterocycles. The van der Waals surface area contributed by atoms with Gasteiger partial charge in [-0.3, -0.25) is 4.98 Å². The topological polar surface area (TPSA) is 38.9 Å². The van der Waals surface area contributed by atoms with E-state index >= 15 is 0 Å². The fourth-order valence-electron chi connectivity index (χ4n) is 0.975. The molecule has 0 unspecified atom stereocenters. The minimum Gasteiger partial charge on any atom is -0.365 e. The maximum atomic E-state index is 4.46. The Balaban J connectivity index is 0.000000278. The van der Waals surface area contributed by atoms with E-state index in [4.69, 9.17) is 0 Å². The highest BCUT2D eigenvalue weighted by atomic mass is 16.5. The van der Waals surface area contributed by atoms with Crippen LogP contribution in [0.4, 0.5) is 0 Å². The van der Waals surface area contributed by atoms with Crippen molar-refractivity contribution in [1.82, 2.24) is 10.1 Å². The highest BCUT2D eigenvalue weighted by molar-refractivity contribution is 5.06. The molecule has 3 heteroatoms. The first-order chi connectivity index (χ1) is 8.20. The Morgan fingerprint density at radius 3 is 2.12 bits per heavy atom. The monoisotopic (exact) mass is 234 g/mol. The molecule has 0 fully saturated rings. The van der Waals surface area contributed by atoms with E-state index in [2.05, 4.69) is 28.5 Å². The summed E-state index contributed by atoms with van der Waals surface area (Å²) in [4.78, 5) is 4.18. The smallest absolute Gasteiger partial charge is 0.126 e. The predicted octanol–water partition coefficient (Wildman–Crippen LogP) is 4.21.